The lowest BCUT2D eigenvalue weighted by molar-refractivity contribution is 1.41. The topological polar surface area (TPSA) is 0 Å². The van der Waals surface area contributed by atoms with Gasteiger partial charge in [-0.2, -0.15) is 0 Å². The number of benzene rings is 1. The average molecular weight is 303 g/mol. The van der Waals surface area contributed by atoms with Crippen LogP contribution in [0.2, 0.25) is 0 Å². The summed E-state index contributed by atoms with van der Waals surface area (Å²) in [6.45, 7) is -2.43. The maximum atomic E-state index is 7.61. The van der Waals surface area contributed by atoms with E-state index in [1.165, 1.54) is 0 Å². The van der Waals surface area contributed by atoms with Gasteiger partial charge in [0.2, 0.25) is 0 Å². The third kappa shape index (κ3) is 1.93. The molecule has 0 aliphatic heterocycles. The van der Waals surface area contributed by atoms with Gasteiger partial charge < -0.3 is 0 Å². The van der Waals surface area contributed by atoms with Gasteiger partial charge >= 0.3 is 0 Å². The van der Waals surface area contributed by atoms with E-state index in [0.717, 1.165) is 0 Å². The molecule has 2 heteroatoms. The molecule has 0 heterocycles. The van der Waals surface area contributed by atoms with E-state index in [-0.39, 0.29) is 31.7 Å². The highest BCUT2D eigenvalue weighted by Gasteiger charge is 1.91. The minimum absolute atomic E-state index is 0.0547. The zero-order valence-corrected chi connectivity index (χ0v) is 8.00. The quantitative estimate of drug-likeness (QED) is 0.645. The summed E-state index contributed by atoms with van der Waals surface area (Å²) in [6.07, 6.45) is 0. The molecule has 0 aliphatic carbocycles. The van der Waals surface area contributed by atoms with Gasteiger partial charge in [-0.3, -0.25) is 0 Å². The van der Waals surface area contributed by atoms with Gasteiger partial charge in [-0.05, 0) is 53.1 Å². The minimum Gasteiger partial charge on any atom is -0.0508 e. The van der Waals surface area contributed by atoms with Crippen molar-refractivity contribution in [3.63, 3.8) is 0 Å². The number of hydrogen-bond acceptors (Lipinski definition) is 0. The second-order valence-corrected chi connectivity index (χ2v) is 3.25. The molecule has 0 radical (unpaired) electrons. The monoisotopic (exact) mass is 302 g/mol. The average Bonchev–Trinajstić information content (AvgIpc) is 2.09. The molecule has 0 aliphatic rings. The highest BCUT2D eigenvalue weighted by atomic mass is 127. The summed E-state index contributed by atoms with van der Waals surface area (Å²) in [5, 5.41) is 0. The Hall–Kier alpha value is 0.430. The first-order valence-corrected chi connectivity index (χ1v) is 4.00. The van der Waals surface area contributed by atoms with Crippen LogP contribution in [0.4, 0.5) is 0 Å². The van der Waals surface area contributed by atoms with Crippen molar-refractivity contribution in [2.45, 2.75) is 6.85 Å². The molecule has 0 unspecified atom stereocenters. The second-order valence-electron chi connectivity index (χ2n) is 1.38. The van der Waals surface area contributed by atoms with Crippen LogP contribution in [0.15, 0.2) is 22.6 Å². The standard InChI is InChI=1S/C7H6BrI/c1-5-4-6(8)2-3-7(5)9/h2-4H,1H3/i1D3,2D,3D,4D. The van der Waals surface area contributed by atoms with E-state index in [1.807, 2.05) is 0 Å². The van der Waals surface area contributed by atoms with Gasteiger partial charge in [0.15, 0.2) is 0 Å². The van der Waals surface area contributed by atoms with Gasteiger partial charge in [0.1, 0.15) is 0 Å². The minimum atomic E-state index is -2.43. The van der Waals surface area contributed by atoms with E-state index in [0.29, 0.717) is 0 Å². The zero-order chi connectivity index (χ0) is 12.0. The van der Waals surface area contributed by atoms with Gasteiger partial charge in [-0.1, -0.05) is 15.9 Å². The molecule has 48 valence electrons. The van der Waals surface area contributed by atoms with E-state index in [1.54, 1.807) is 22.6 Å². The normalized spacial score (nSPS) is 20.7. The lowest BCUT2D eigenvalue weighted by atomic mass is 10.2. The molecular weight excluding hydrogens is 291 g/mol. The molecule has 1 rings (SSSR count). The van der Waals surface area contributed by atoms with Crippen LogP contribution < -0.4 is 0 Å². The third-order valence-corrected chi connectivity index (χ3v) is 1.94. The van der Waals surface area contributed by atoms with E-state index >= 15 is 0 Å². The van der Waals surface area contributed by atoms with Crippen molar-refractivity contribution < 1.29 is 8.22 Å². The molecule has 0 spiro atoms. The van der Waals surface area contributed by atoms with Gasteiger partial charge in [-0.25, -0.2) is 0 Å². The molecule has 0 fully saturated rings. The Bertz CT molecular complexity index is 384. The van der Waals surface area contributed by atoms with Crippen LogP contribution in [-0.2, 0) is 0 Å². The van der Waals surface area contributed by atoms with E-state index in [9.17, 15) is 0 Å². The van der Waals surface area contributed by atoms with Crippen molar-refractivity contribution in [1.29, 1.82) is 0 Å². The molecule has 0 saturated heterocycles. The predicted octanol–water partition coefficient (Wildman–Crippen LogP) is 3.36. The molecule has 9 heavy (non-hydrogen) atoms. The lowest BCUT2D eigenvalue weighted by Gasteiger charge is -1.95. The summed E-state index contributed by atoms with van der Waals surface area (Å²) in [7, 11) is 0. The Morgan fingerprint density at radius 2 is 2.56 bits per heavy atom. The largest absolute Gasteiger partial charge is 0.0638 e. The molecule has 1 aromatic rings. The van der Waals surface area contributed by atoms with Crippen molar-refractivity contribution in [2.24, 2.45) is 0 Å². The predicted molar refractivity (Wildman–Crippen MR) is 51.6 cm³/mol. The van der Waals surface area contributed by atoms with Crippen LogP contribution in [0.25, 0.3) is 0 Å². The van der Waals surface area contributed by atoms with Crippen LogP contribution in [0.3, 0.4) is 0 Å². The van der Waals surface area contributed by atoms with Crippen molar-refractivity contribution in [3.05, 3.63) is 31.7 Å². The first kappa shape index (κ1) is 2.81. The van der Waals surface area contributed by atoms with Gasteiger partial charge in [0.05, 0.1) is 4.11 Å². The first-order chi connectivity index (χ1) is 6.68. The molecular formula is C7H6BrI. The molecule has 0 N–H and O–H groups in total. The highest BCUT2D eigenvalue weighted by molar-refractivity contribution is 14.1. The van der Waals surface area contributed by atoms with E-state index in [2.05, 4.69) is 15.9 Å². The Balaban J connectivity index is 3.68. The molecule has 0 saturated carbocycles. The molecule has 0 aromatic heterocycles. The summed E-state index contributed by atoms with van der Waals surface area (Å²) >= 11 is 4.65. The van der Waals surface area contributed by atoms with Crippen LogP contribution in [-0.4, -0.2) is 0 Å². The Morgan fingerprint density at radius 1 is 1.78 bits per heavy atom. The summed E-state index contributed by atoms with van der Waals surface area (Å²) in [5.41, 5.74) is -0.170. The number of rotatable bonds is 0. The van der Waals surface area contributed by atoms with Crippen molar-refractivity contribution >= 4 is 38.5 Å². The van der Waals surface area contributed by atoms with Gasteiger partial charge in [0.25, 0.3) is 0 Å². The Labute approximate surface area is 85.4 Å². The smallest absolute Gasteiger partial charge is 0.0508 e. The summed E-state index contributed by atoms with van der Waals surface area (Å²) in [6, 6.07) is -0.553. The fraction of sp³-hybridized carbons (Fsp3) is 0.143. The molecule has 0 nitrogen and oxygen atoms in total. The van der Waals surface area contributed by atoms with Crippen LogP contribution in [0.5, 0.6) is 0 Å². The van der Waals surface area contributed by atoms with Crippen LogP contribution in [0.1, 0.15) is 13.8 Å². The number of hydrogen-bond donors (Lipinski definition) is 0. The Kier molecular flexibility index (Phi) is 0.942. The second kappa shape index (κ2) is 3.01. The lowest BCUT2D eigenvalue weighted by Crippen LogP contribution is -1.76. The Morgan fingerprint density at radius 3 is 3.22 bits per heavy atom. The zero-order valence-electron chi connectivity index (χ0n) is 10.3. The van der Waals surface area contributed by atoms with Crippen molar-refractivity contribution in [3.8, 4) is 0 Å². The van der Waals surface area contributed by atoms with Gasteiger partial charge in [-0.15, -0.1) is 0 Å². The van der Waals surface area contributed by atoms with E-state index < -0.39 is 6.85 Å². The molecule has 0 bridgehead atoms. The molecule has 0 amide bonds. The maximum Gasteiger partial charge on any atom is 0.0638 e. The molecule has 0 atom stereocenters. The molecule has 1 aromatic carbocycles. The fourth-order valence-corrected chi connectivity index (χ4v) is 0.935. The summed E-state index contributed by atoms with van der Waals surface area (Å²) in [5.74, 6) is 0. The van der Waals surface area contributed by atoms with Crippen LogP contribution in [0, 0.1) is 10.4 Å². The number of halogens is 2. The summed E-state index contributed by atoms with van der Waals surface area (Å²) < 4.78 is 44.6. The maximum absolute atomic E-state index is 7.61. The summed E-state index contributed by atoms with van der Waals surface area (Å²) in [4.78, 5) is 0. The van der Waals surface area contributed by atoms with Crippen molar-refractivity contribution in [2.75, 3.05) is 0 Å². The van der Waals surface area contributed by atoms with E-state index in [4.69, 9.17) is 8.22 Å². The SMILES string of the molecule is [2H]c1c([2H])c(I)c(C([2H])([2H])[2H])c([2H])c1Br. The van der Waals surface area contributed by atoms with Gasteiger partial charge in [0, 0.05) is 12.2 Å². The first-order valence-electron chi connectivity index (χ1n) is 5.13. The van der Waals surface area contributed by atoms with Crippen LogP contribution >= 0.6 is 38.5 Å². The fourth-order valence-electron chi connectivity index (χ4n) is 0.368. The third-order valence-electron chi connectivity index (χ3n) is 0.736. The highest BCUT2D eigenvalue weighted by Crippen LogP contribution is 2.16. The van der Waals surface area contributed by atoms with Crippen molar-refractivity contribution in [1.82, 2.24) is 0 Å².